The molecule has 0 radical (unpaired) electrons. The van der Waals surface area contributed by atoms with Gasteiger partial charge in [0.2, 0.25) is 0 Å². The van der Waals surface area contributed by atoms with E-state index in [1.165, 1.54) is 5.57 Å². The number of hydrogen-bond donors (Lipinski definition) is 0. The van der Waals surface area contributed by atoms with Crippen LogP contribution in [0.5, 0.6) is 0 Å². The second kappa shape index (κ2) is 4.20. The first-order valence-corrected chi connectivity index (χ1v) is 6.03. The maximum Gasteiger partial charge on any atom is 0.149 e. The largest absolute Gasteiger partial charge is 0.298 e. The highest BCUT2D eigenvalue weighted by molar-refractivity contribution is 5.90. The topological polar surface area (TPSA) is 17.1 Å². The van der Waals surface area contributed by atoms with Gasteiger partial charge in [0.15, 0.2) is 0 Å². The summed E-state index contributed by atoms with van der Waals surface area (Å²) in [6, 6.07) is 0. The number of rotatable bonds is 2. The summed E-state index contributed by atoms with van der Waals surface area (Å²) in [5.41, 5.74) is 1.26. The lowest BCUT2D eigenvalue weighted by molar-refractivity contribution is -0.128. The van der Waals surface area contributed by atoms with E-state index in [2.05, 4.69) is 26.8 Å². The van der Waals surface area contributed by atoms with Gasteiger partial charge in [0.25, 0.3) is 0 Å². The Morgan fingerprint density at radius 2 is 1.75 bits per heavy atom. The summed E-state index contributed by atoms with van der Waals surface area (Å²) in [7, 11) is 0. The Labute approximate surface area is 99.6 Å². The molecule has 1 nitrogen and oxygen atoms in total. The standard InChI is InChI=1S/C15H24O/c1-14(2,3)10-11-8-7-9-12(11)13(16)15(4,5)6/h7-9,12H,10H2,1-6H3. The Balaban J connectivity index is 2.80. The van der Waals surface area contributed by atoms with Gasteiger partial charge in [-0.1, -0.05) is 65.3 Å². The molecule has 0 saturated heterocycles. The highest BCUT2D eigenvalue weighted by Crippen LogP contribution is 2.35. The minimum atomic E-state index is -0.254. The molecule has 16 heavy (non-hydrogen) atoms. The van der Waals surface area contributed by atoms with Crippen molar-refractivity contribution in [2.24, 2.45) is 16.7 Å². The smallest absolute Gasteiger partial charge is 0.149 e. The van der Waals surface area contributed by atoms with Crippen LogP contribution in [0.2, 0.25) is 0 Å². The predicted molar refractivity (Wildman–Crippen MR) is 69.2 cm³/mol. The van der Waals surface area contributed by atoms with Crippen molar-refractivity contribution in [2.75, 3.05) is 0 Å². The van der Waals surface area contributed by atoms with Crippen molar-refractivity contribution in [3.63, 3.8) is 0 Å². The molecule has 0 amide bonds. The van der Waals surface area contributed by atoms with E-state index in [4.69, 9.17) is 0 Å². The zero-order valence-corrected chi connectivity index (χ0v) is 11.4. The van der Waals surface area contributed by atoms with E-state index in [1.807, 2.05) is 32.9 Å². The molecule has 1 heteroatoms. The van der Waals surface area contributed by atoms with Crippen molar-refractivity contribution in [3.8, 4) is 0 Å². The van der Waals surface area contributed by atoms with E-state index in [9.17, 15) is 4.79 Å². The third-order valence-electron chi connectivity index (χ3n) is 2.77. The van der Waals surface area contributed by atoms with Gasteiger partial charge in [-0.15, -0.1) is 0 Å². The minimum absolute atomic E-state index is 0.0132. The van der Waals surface area contributed by atoms with Gasteiger partial charge in [0, 0.05) is 5.41 Å². The van der Waals surface area contributed by atoms with E-state index in [1.54, 1.807) is 0 Å². The molecule has 1 rings (SSSR count). The third-order valence-corrected chi connectivity index (χ3v) is 2.77. The summed E-state index contributed by atoms with van der Waals surface area (Å²) in [6.45, 7) is 12.6. The summed E-state index contributed by atoms with van der Waals surface area (Å²) in [4.78, 5) is 12.3. The Hall–Kier alpha value is -0.850. The van der Waals surface area contributed by atoms with Crippen LogP contribution >= 0.6 is 0 Å². The lowest BCUT2D eigenvalue weighted by Gasteiger charge is -2.26. The van der Waals surface area contributed by atoms with Gasteiger partial charge in [-0.3, -0.25) is 4.79 Å². The molecule has 0 aromatic rings. The number of hydrogen-bond acceptors (Lipinski definition) is 1. The molecule has 0 fully saturated rings. The number of Topliss-reactive ketones (excluding diaryl/α,β-unsaturated/α-hetero) is 1. The van der Waals surface area contributed by atoms with Crippen LogP contribution in [0.4, 0.5) is 0 Å². The van der Waals surface area contributed by atoms with Crippen LogP contribution < -0.4 is 0 Å². The van der Waals surface area contributed by atoms with Crippen LogP contribution in [-0.4, -0.2) is 5.78 Å². The number of carbonyl (C=O) groups excluding carboxylic acids is 1. The normalized spacial score (nSPS) is 21.1. The van der Waals surface area contributed by atoms with Crippen molar-refractivity contribution < 1.29 is 4.79 Å². The number of carbonyl (C=O) groups is 1. The molecule has 1 unspecified atom stereocenters. The van der Waals surface area contributed by atoms with Gasteiger partial charge in [-0.05, 0) is 11.8 Å². The summed E-state index contributed by atoms with van der Waals surface area (Å²) >= 11 is 0. The second-order valence-electron chi connectivity index (χ2n) is 6.96. The first kappa shape index (κ1) is 13.2. The molecular formula is C15H24O. The van der Waals surface area contributed by atoms with Crippen molar-refractivity contribution in [1.29, 1.82) is 0 Å². The molecule has 0 aliphatic heterocycles. The van der Waals surface area contributed by atoms with Crippen molar-refractivity contribution in [2.45, 2.75) is 48.0 Å². The van der Waals surface area contributed by atoms with Gasteiger partial charge in [-0.2, -0.15) is 0 Å². The highest BCUT2D eigenvalue weighted by Gasteiger charge is 2.32. The molecule has 0 spiro atoms. The Morgan fingerprint density at radius 1 is 1.19 bits per heavy atom. The van der Waals surface area contributed by atoms with Crippen LogP contribution in [-0.2, 0) is 4.79 Å². The van der Waals surface area contributed by atoms with Crippen LogP contribution in [0.15, 0.2) is 23.8 Å². The lowest BCUT2D eigenvalue weighted by Crippen LogP contribution is -2.28. The molecule has 0 bridgehead atoms. The van der Waals surface area contributed by atoms with E-state index in [0.29, 0.717) is 5.78 Å². The van der Waals surface area contributed by atoms with Crippen LogP contribution in [0.25, 0.3) is 0 Å². The van der Waals surface area contributed by atoms with Crippen LogP contribution in [0, 0.1) is 16.7 Å². The summed E-state index contributed by atoms with van der Waals surface area (Å²) in [5, 5.41) is 0. The quantitative estimate of drug-likeness (QED) is 0.683. The Bertz CT molecular complexity index is 331. The molecule has 0 N–H and O–H groups in total. The van der Waals surface area contributed by atoms with Gasteiger partial charge >= 0.3 is 0 Å². The van der Waals surface area contributed by atoms with E-state index in [-0.39, 0.29) is 16.7 Å². The second-order valence-corrected chi connectivity index (χ2v) is 6.96. The van der Waals surface area contributed by atoms with Gasteiger partial charge in [0.1, 0.15) is 5.78 Å². The fraction of sp³-hybridized carbons (Fsp3) is 0.667. The Morgan fingerprint density at radius 3 is 2.19 bits per heavy atom. The monoisotopic (exact) mass is 220 g/mol. The fourth-order valence-corrected chi connectivity index (χ4v) is 2.02. The van der Waals surface area contributed by atoms with Crippen molar-refractivity contribution in [3.05, 3.63) is 23.8 Å². The number of allylic oxidation sites excluding steroid dienone is 4. The molecule has 1 aliphatic carbocycles. The Kier molecular flexibility index (Phi) is 3.47. The average molecular weight is 220 g/mol. The van der Waals surface area contributed by atoms with Gasteiger partial charge in [-0.25, -0.2) is 0 Å². The van der Waals surface area contributed by atoms with Gasteiger partial charge < -0.3 is 0 Å². The van der Waals surface area contributed by atoms with Gasteiger partial charge in [0.05, 0.1) is 5.92 Å². The molecular weight excluding hydrogens is 196 g/mol. The maximum atomic E-state index is 12.3. The summed E-state index contributed by atoms with van der Waals surface area (Å²) < 4.78 is 0. The first-order valence-electron chi connectivity index (χ1n) is 6.03. The van der Waals surface area contributed by atoms with E-state index < -0.39 is 0 Å². The molecule has 0 aromatic carbocycles. The molecule has 0 saturated carbocycles. The average Bonchev–Trinajstić information content (AvgIpc) is 2.46. The predicted octanol–water partition coefficient (Wildman–Crippen LogP) is 4.15. The first-order chi connectivity index (χ1) is 7.11. The SMILES string of the molecule is CC(C)(C)CC1=CC=CC1C(=O)C(C)(C)C. The lowest BCUT2D eigenvalue weighted by atomic mass is 9.77. The van der Waals surface area contributed by atoms with Crippen molar-refractivity contribution in [1.82, 2.24) is 0 Å². The molecule has 90 valence electrons. The third kappa shape index (κ3) is 3.33. The van der Waals surface area contributed by atoms with Crippen LogP contribution in [0.3, 0.4) is 0 Å². The molecule has 1 aliphatic rings. The van der Waals surface area contributed by atoms with Crippen molar-refractivity contribution >= 4 is 5.78 Å². The van der Waals surface area contributed by atoms with E-state index in [0.717, 1.165) is 6.42 Å². The summed E-state index contributed by atoms with van der Waals surface area (Å²) in [5.74, 6) is 0.343. The fourth-order valence-electron chi connectivity index (χ4n) is 2.02. The van der Waals surface area contributed by atoms with Crippen LogP contribution in [0.1, 0.15) is 48.0 Å². The summed E-state index contributed by atoms with van der Waals surface area (Å²) in [6.07, 6.45) is 7.16. The zero-order chi connectivity index (χ0) is 12.6. The zero-order valence-electron chi connectivity index (χ0n) is 11.4. The maximum absolute atomic E-state index is 12.3. The molecule has 0 aromatic heterocycles. The molecule has 1 atom stereocenters. The molecule has 0 heterocycles. The van der Waals surface area contributed by atoms with E-state index >= 15 is 0 Å². The highest BCUT2D eigenvalue weighted by atomic mass is 16.1. The minimum Gasteiger partial charge on any atom is -0.298 e. The number of ketones is 1.